The van der Waals surface area contributed by atoms with Gasteiger partial charge in [-0.05, 0) is 97.7 Å². The van der Waals surface area contributed by atoms with Gasteiger partial charge in [-0.1, -0.05) is 40.5 Å². The fourth-order valence-corrected chi connectivity index (χ4v) is 9.51. The SMILES string of the molecule is C[C@H](CCC(=O)O)C1CCC2C1(C)CCC1C2(C)CCC2(N)CCCCC12C. The van der Waals surface area contributed by atoms with Crippen LogP contribution in [0.5, 0.6) is 0 Å². The zero-order chi connectivity index (χ0) is 20.4. The lowest BCUT2D eigenvalue weighted by molar-refractivity contribution is -0.175. The first kappa shape index (κ1) is 20.7. The maximum absolute atomic E-state index is 11.1. The van der Waals surface area contributed by atoms with Crippen molar-refractivity contribution in [3.63, 3.8) is 0 Å². The summed E-state index contributed by atoms with van der Waals surface area (Å²) in [6, 6.07) is 0. The largest absolute Gasteiger partial charge is 0.481 e. The van der Waals surface area contributed by atoms with Gasteiger partial charge in [-0.15, -0.1) is 0 Å². The van der Waals surface area contributed by atoms with E-state index in [4.69, 9.17) is 10.8 Å². The average molecular weight is 390 g/mol. The van der Waals surface area contributed by atoms with E-state index in [1.807, 2.05) is 0 Å². The van der Waals surface area contributed by atoms with Crippen molar-refractivity contribution >= 4 is 5.97 Å². The molecular formula is C25H43NO2. The molecule has 0 saturated heterocycles. The Morgan fingerprint density at radius 1 is 0.964 bits per heavy atom. The van der Waals surface area contributed by atoms with E-state index in [1.165, 1.54) is 64.2 Å². The number of carbonyl (C=O) groups is 1. The molecule has 0 bridgehead atoms. The Bertz CT molecular complexity index is 634. The molecule has 4 aliphatic rings. The molecular weight excluding hydrogens is 346 g/mol. The standard InChI is InChI=1S/C25H43NO2/c1-17(7-10-21(27)28)18-8-9-19-22(18,2)14-11-20-23(19,3)15-16-25(26)13-6-5-12-24(20,25)4/h17-20H,5-16,26H2,1-4H3,(H,27,28)/t17-,18?,19?,20?,22?,23?,24?,25?/m1/s1. The van der Waals surface area contributed by atoms with Crippen LogP contribution in [0, 0.1) is 39.9 Å². The highest BCUT2D eigenvalue weighted by molar-refractivity contribution is 5.66. The Balaban J connectivity index is 1.60. The normalized spacial score (nSPS) is 51.7. The Labute approximate surface area is 172 Å². The molecule has 8 atom stereocenters. The van der Waals surface area contributed by atoms with Crippen LogP contribution < -0.4 is 5.73 Å². The molecule has 7 unspecified atom stereocenters. The number of hydrogen-bond donors (Lipinski definition) is 2. The van der Waals surface area contributed by atoms with E-state index in [9.17, 15) is 4.79 Å². The maximum atomic E-state index is 11.1. The molecule has 0 aromatic heterocycles. The minimum atomic E-state index is -0.640. The smallest absolute Gasteiger partial charge is 0.303 e. The third-order valence-corrected chi connectivity index (χ3v) is 11.1. The molecule has 4 rings (SSSR count). The molecule has 0 aliphatic heterocycles. The quantitative estimate of drug-likeness (QED) is 0.619. The van der Waals surface area contributed by atoms with Crippen molar-refractivity contribution in [1.82, 2.24) is 0 Å². The highest BCUT2D eigenvalue weighted by Gasteiger charge is 2.67. The summed E-state index contributed by atoms with van der Waals surface area (Å²) in [4.78, 5) is 11.1. The summed E-state index contributed by atoms with van der Waals surface area (Å²) in [6.07, 6.45) is 14.2. The van der Waals surface area contributed by atoms with Crippen LogP contribution in [-0.4, -0.2) is 16.6 Å². The molecule has 3 nitrogen and oxygen atoms in total. The number of aliphatic carboxylic acids is 1. The molecule has 3 N–H and O–H groups in total. The van der Waals surface area contributed by atoms with Crippen molar-refractivity contribution in [2.24, 2.45) is 45.7 Å². The first-order chi connectivity index (χ1) is 13.1. The van der Waals surface area contributed by atoms with Crippen molar-refractivity contribution in [2.75, 3.05) is 0 Å². The van der Waals surface area contributed by atoms with Crippen molar-refractivity contribution in [3.8, 4) is 0 Å². The van der Waals surface area contributed by atoms with Gasteiger partial charge in [-0.25, -0.2) is 0 Å². The zero-order valence-electron chi connectivity index (χ0n) is 18.7. The van der Waals surface area contributed by atoms with Gasteiger partial charge in [0, 0.05) is 12.0 Å². The lowest BCUT2D eigenvalue weighted by Gasteiger charge is -2.68. The van der Waals surface area contributed by atoms with E-state index in [-0.39, 0.29) is 5.54 Å². The molecule has 0 aromatic carbocycles. The summed E-state index contributed by atoms with van der Waals surface area (Å²) in [5.41, 5.74) is 8.31. The fourth-order valence-electron chi connectivity index (χ4n) is 9.51. The molecule has 160 valence electrons. The molecule has 0 aromatic rings. The minimum Gasteiger partial charge on any atom is -0.481 e. The number of carboxylic acids is 1. The Morgan fingerprint density at radius 2 is 1.68 bits per heavy atom. The van der Waals surface area contributed by atoms with Crippen LogP contribution >= 0.6 is 0 Å². The van der Waals surface area contributed by atoms with Gasteiger partial charge in [0.2, 0.25) is 0 Å². The van der Waals surface area contributed by atoms with E-state index >= 15 is 0 Å². The van der Waals surface area contributed by atoms with Crippen LogP contribution in [0.3, 0.4) is 0 Å². The van der Waals surface area contributed by atoms with Gasteiger partial charge < -0.3 is 10.8 Å². The third-order valence-electron chi connectivity index (χ3n) is 11.1. The topological polar surface area (TPSA) is 63.3 Å². The third kappa shape index (κ3) is 2.74. The molecule has 0 spiro atoms. The zero-order valence-corrected chi connectivity index (χ0v) is 18.7. The van der Waals surface area contributed by atoms with Crippen LogP contribution in [0.25, 0.3) is 0 Å². The molecule has 3 heteroatoms. The van der Waals surface area contributed by atoms with Crippen molar-refractivity contribution in [3.05, 3.63) is 0 Å². The first-order valence-corrected chi connectivity index (χ1v) is 12.1. The summed E-state index contributed by atoms with van der Waals surface area (Å²) < 4.78 is 0. The van der Waals surface area contributed by atoms with Gasteiger partial charge in [0.15, 0.2) is 0 Å². The maximum Gasteiger partial charge on any atom is 0.303 e. The monoisotopic (exact) mass is 389 g/mol. The summed E-state index contributed by atoms with van der Waals surface area (Å²) in [5, 5.41) is 9.15. The summed E-state index contributed by atoms with van der Waals surface area (Å²) in [7, 11) is 0. The van der Waals surface area contributed by atoms with Crippen LogP contribution in [0.4, 0.5) is 0 Å². The van der Waals surface area contributed by atoms with E-state index in [0.717, 1.165) is 18.3 Å². The van der Waals surface area contributed by atoms with Gasteiger partial charge in [0.25, 0.3) is 0 Å². The predicted molar refractivity (Wildman–Crippen MR) is 114 cm³/mol. The molecule has 4 fully saturated rings. The molecule has 4 aliphatic carbocycles. The van der Waals surface area contributed by atoms with Crippen LogP contribution in [0.1, 0.15) is 105 Å². The number of hydrogen-bond acceptors (Lipinski definition) is 2. The van der Waals surface area contributed by atoms with Crippen molar-refractivity contribution in [2.45, 2.75) is 110 Å². The highest BCUT2D eigenvalue weighted by atomic mass is 16.4. The van der Waals surface area contributed by atoms with Crippen molar-refractivity contribution in [1.29, 1.82) is 0 Å². The number of fused-ring (bicyclic) bond motifs is 5. The summed E-state index contributed by atoms with van der Waals surface area (Å²) in [5.74, 6) is 2.13. The molecule has 0 amide bonds. The molecule has 0 heterocycles. The summed E-state index contributed by atoms with van der Waals surface area (Å²) >= 11 is 0. The predicted octanol–water partition coefficient (Wildman–Crippen LogP) is 6.01. The van der Waals surface area contributed by atoms with Crippen molar-refractivity contribution < 1.29 is 9.90 Å². The van der Waals surface area contributed by atoms with Gasteiger partial charge in [0.1, 0.15) is 0 Å². The second-order valence-electron chi connectivity index (χ2n) is 12.0. The van der Waals surface area contributed by atoms with E-state index in [1.54, 1.807) is 0 Å². The Kier molecular flexibility index (Phi) is 4.97. The highest BCUT2D eigenvalue weighted by Crippen LogP contribution is 2.73. The van der Waals surface area contributed by atoms with Gasteiger partial charge in [-0.3, -0.25) is 4.79 Å². The lowest BCUT2D eigenvalue weighted by Crippen LogP contribution is -2.68. The van der Waals surface area contributed by atoms with Crippen LogP contribution in [0.2, 0.25) is 0 Å². The van der Waals surface area contributed by atoms with Gasteiger partial charge in [0.05, 0.1) is 0 Å². The van der Waals surface area contributed by atoms with E-state index in [2.05, 4.69) is 27.7 Å². The molecule has 28 heavy (non-hydrogen) atoms. The molecule has 4 saturated carbocycles. The second kappa shape index (κ2) is 6.72. The number of rotatable bonds is 4. The van der Waals surface area contributed by atoms with Gasteiger partial charge >= 0.3 is 5.97 Å². The Morgan fingerprint density at radius 3 is 2.39 bits per heavy atom. The number of nitrogens with two attached hydrogens (primary N) is 1. The fraction of sp³-hybridized carbons (Fsp3) is 0.960. The first-order valence-electron chi connectivity index (χ1n) is 12.1. The number of carboxylic acid groups (broad SMARTS) is 1. The Hall–Kier alpha value is -0.570. The van der Waals surface area contributed by atoms with Gasteiger partial charge in [-0.2, -0.15) is 0 Å². The summed E-state index contributed by atoms with van der Waals surface area (Å²) in [6.45, 7) is 10.1. The van der Waals surface area contributed by atoms with Crippen LogP contribution in [0.15, 0.2) is 0 Å². The average Bonchev–Trinajstić information content (AvgIpc) is 2.99. The van der Waals surface area contributed by atoms with E-state index < -0.39 is 5.97 Å². The molecule has 0 radical (unpaired) electrons. The minimum absolute atomic E-state index is 0.0654. The van der Waals surface area contributed by atoms with Crippen LogP contribution in [-0.2, 0) is 4.79 Å². The second-order valence-corrected chi connectivity index (χ2v) is 12.0. The van der Waals surface area contributed by atoms with E-state index in [0.29, 0.717) is 34.5 Å². The lowest BCUT2D eigenvalue weighted by atomic mass is 9.37.